The molecule has 18 heavy (non-hydrogen) atoms. The Bertz CT molecular complexity index is 665. The normalized spacial score (nSPS) is 16.8. The summed E-state index contributed by atoms with van der Waals surface area (Å²) >= 11 is 5.73. The average Bonchev–Trinajstić information content (AvgIpc) is 2.32. The standard InChI is InChI=1S/C10H8ClNO5S/c1-17-10(14)8-9(13)6-4-5(11)2-3-7(6)18(15,16)12-8/h2-4,12-13H,1H3. The van der Waals surface area contributed by atoms with Crippen LogP contribution >= 0.6 is 11.6 Å². The van der Waals surface area contributed by atoms with Gasteiger partial charge in [-0.05, 0) is 18.2 Å². The fraction of sp³-hybridized carbons (Fsp3) is 0.100. The van der Waals surface area contributed by atoms with E-state index in [2.05, 4.69) is 4.74 Å². The molecule has 0 atom stereocenters. The minimum absolute atomic E-state index is 0.0401. The molecule has 0 unspecified atom stereocenters. The minimum atomic E-state index is -3.92. The predicted octanol–water partition coefficient (Wildman–Crippen LogP) is 1.03. The Balaban J connectivity index is 2.75. The number of nitrogens with one attached hydrogen (secondary N) is 1. The number of ether oxygens (including phenoxy) is 1. The first-order chi connectivity index (χ1) is 8.36. The summed E-state index contributed by atoms with van der Waals surface area (Å²) in [5.41, 5.74) is -0.575. The molecule has 1 aliphatic heterocycles. The van der Waals surface area contributed by atoms with Crippen molar-refractivity contribution in [2.24, 2.45) is 0 Å². The molecule has 8 heteroatoms. The number of sulfonamides is 1. The Morgan fingerprint density at radius 2 is 2.11 bits per heavy atom. The summed E-state index contributed by atoms with van der Waals surface area (Å²) in [4.78, 5) is 11.2. The molecule has 0 aromatic heterocycles. The lowest BCUT2D eigenvalue weighted by molar-refractivity contribution is -0.136. The number of hydrogen-bond donors (Lipinski definition) is 2. The Labute approximate surface area is 108 Å². The monoisotopic (exact) mass is 289 g/mol. The van der Waals surface area contributed by atoms with Crippen molar-refractivity contribution in [2.45, 2.75) is 4.90 Å². The highest BCUT2D eigenvalue weighted by Crippen LogP contribution is 2.31. The maximum atomic E-state index is 11.9. The summed E-state index contributed by atoms with van der Waals surface area (Å²) in [5.74, 6) is -1.50. The van der Waals surface area contributed by atoms with Crippen molar-refractivity contribution < 1.29 is 23.1 Å². The van der Waals surface area contributed by atoms with Gasteiger partial charge in [0.2, 0.25) is 0 Å². The van der Waals surface area contributed by atoms with Gasteiger partial charge in [-0.15, -0.1) is 0 Å². The number of methoxy groups -OCH3 is 1. The van der Waals surface area contributed by atoms with E-state index in [1.165, 1.54) is 18.2 Å². The van der Waals surface area contributed by atoms with Gasteiger partial charge in [-0.25, -0.2) is 13.2 Å². The van der Waals surface area contributed by atoms with E-state index in [-0.39, 0.29) is 15.5 Å². The first kappa shape index (κ1) is 12.7. The quantitative estimate of drug-likeness (QED) is 0.753. The molecule has 0 saturated heterocycles. The van der Waals surface area contributed by atoms with Gasteiger partial charge < -0.3 is 9.84 Å². The molecule has 0 fully saturated rings. The second kappa shape index (κ2) is 4.18. The van der Waals surface area contributed by atoms with Gasteiger partial charge in [-0.1, -0.05) is 11.6 Å². The molecule has 0 amide bonds. The number of carbonyl (C=O) groups is 1. The number of aliphatic hydroxyl groups is 1. The smallest absolute Gasteiger partial charge is 0.359 e. The Kier molecular flexibility index (Phi) is 2.95. The molecule has 1 aromatic rings. The van der Waals surface area contributed by atoms with Crippen LogP contribution in [0.1, 0.15) is 5.56 Å². The molecule has 1 heterocycles. The van der Waals surface area contributed by atoms with E-state index in [0.29, 0.717) is 0 Å². The fourth-order valence-corrected chi connectivity index (χ4v) is 2.96. The fourth-order valence-electron chi connectivity index (χ4n) is 1.53. The maximum Gasteiger partial charge on any atom is 0.359 e. The second-order valence-electron chi connectivity index (χ2n) is 3.46. The highest BCUT2D eigenvalue weighted by Gasteiger charge is 2.33. The van der Waals surface area contributed by atoms with Crippen molar-refractivity contribution in [1.29, 1.82) is 0 Å². The van der Waals surface area contributed by atoms with Gasteiger partial charge in [0, 0.05) is 10.6 Å². The number of aliphatic hydroxyl groups excluding tert-OH is 1. The number of fused-ring (bicyclic) bond motifs is 1. The third-order valence-corrected chi connectivity index (χ3v) is 3.99. The van der Waals surface area contributed by atoms with Gasteiger partial charge in [-0.3, -0.25) is 4.72 Å². The van der Waals surface area contributed by atoms with Crippen LogP contribution in [-0.2, 0) is 19.6 Å². The lowest BCUT2D eigenvalue weighted by Crippen LogP contribution is -2.33. The van der Waals surface area contributed by atoms with Crippen LogP contribution in [0.4, 0.5) is 0 Å². The molecule has 96 valence electrons. The van der Waals surface area contributed by atoms with Crippen molar-refractivity contribution in [1.82, 2.24) is 4.72 Å². The maximum absolute atomic E-state index is 11.9. The number of rotatable bonds is 1. The van der Waals surface area contributed by atoms with Gasteiger partial charge >= 0.3 is 5.97 Å². The van der Waals surface area contributed by atoms with Crippen LogP contribution in [0, 0.1) is 0 Å². The first-order valence-electron chi connectivity index (χ1n) is 4.71. The Morgan fingerprint density at radius 3 is 2.72 bits per heavy atom. The highest BCUT2D eigenvalue weighted by atomic mass is 35.5. The number of carbonyl (C=O) groups excluding carboxylic acids is 1. The van der Waals surface area contributed by atoms with Crippen LogP contribution in [0.5, 0.6) is 0 Å². The van der Waals surface area contributed by atoms with Crippen molar-refractivity contribution in [3.05, 3.63) is 34.5 Å². The van der Waals surface area contributed by atoms with Crippen LogP contribution in [0.2, 0.25) is 5.02 Å². The van der Waals surface area contributed by atoms with Crippen molar-refractivity contribution in [2.75, 3.05) is 7.11 Å². The van der Waals surface area contributed by atoms with E-state index >= 15 is 0 Å². The molecule has 2 rings (SSSR count). The summed E-state index contributed by atoms with van der Waals surface area (Å²) < 4.78 is 30.0. The Morgan fingerprint density at radius 1 is 1.44 bits per heavy atom. The van der Waals surface area contributed by atoms with Crippen molar-refractivity contribution in [3.8, 4) is 0 Å². The van der Waals surface area contributed by atoms with E-state index in [1.54, 1.807) is 0 Å². The topological polar surface area (TPSA) is 92.7 Å². The van der Waals surface area contributed by atoms with E-state index in [0.717, 1.165) is 7.11 Å². The zero-order valence-electron chi connectivity index (χ0n) is 9.10. The number of hydrogen-bond acceptors (Lipinski definition) is 5. The second-order valence-corrected chi connectivity index (χ2v) is 5.55. The molecule has 0 radical (unpaired) electrons. The molecule has 0 aliphatic carbocycles. The third kappa shape index (κ3) is 1.91. The zero-order chi connectivity index (χ0) is 13.5. The van der Waals surface area contributed by atoms with Gasteiger partial charge in [0.15, 0.2) is 11.5 Å². The van der Waals surface area contributed by atoms with E-state index < -0.39 is 27.4 Å². The molecule has 0 saturated carbocycles. The van der Waals surface area contributed by atoms with Crippen LogP contribution in [-0.4, -0.2) is 26.6 Å². The Hall–Kier alpha value is -1.73. The van der Waals surface area contributed by atoms with Gasteiger partial charge in [0.1, 0.15) is 0 Å². The summed E-state index contributed by atoms with van der Waals surface area (Å²) in [6.07, 6.45) is 0. The number of benzene rings is 1. The highest BCUT2D eigenvalue weighted by molar-refractivity contribution is 7.89. The SMILES string of the molecule is COC(=O)C1=C(O)c2cc(Cl)ccc2S(=O)(=O)N1. The zero-order valence-corrected chi connectivity index (χ0v) is 10.7. The molecule has 6 nitrogen and oxygen atoms in total. The van der Waals surface area contributed by atoms with E-state index in [9.17, 15) is 18.3 Å². The van der Waals surface area contributed by atoms with Gasteiger partial charge in [0.05, 0.1) is 12.0 Å². The summed E-state index contributed by atoms with van der Waals surface area (Å²) in [7, 11) is -2.85. The molecule has 1 aliphatic rings. The van der Waals surface area contributed by atoms with Gasteiger partial charge in [-0.2, -0.15) is 0 Å². The van der Waals surface area contributed by atoms with Crippen molar-refractivity contribution in [3.63, 3.8) is 0 Å². The first-order valence-corrected chi connectivity index (χ1v) is 6.57. The number of halogens is 1. The summed E-state index contributed by atoms with van der Waals surface area (Å²) in [6.45, 7) is 0. The molecular weight excluding hydrogens is 282 g/mol. The summed E-state index contributed by atoms with van der Waals surface area (Å²) in [6, 6.07) is 3.87. The van der Waals surface area contributed by atoms with Crippen LogP contribution in [0.15, 0.2) is 28.8 Å². The van der Waals surface area contributed by atoms with E-state index in [4.69, 9.17) is 11.6 Å². The van der Waals surface area contributed by atoms with Crippen LogP contribution in [0.25, 0.3) is 5.76 Å². The molecule has 1 aromatic carbocycles. The lowest BCUT2D eigenvalue weighted by Gasteiger charge is -2.20. The summed E-state index contributed by atoms with van der Waals surface area (Å²) in [5, 5.41) is 10.1. The van der Waals surface area contributed by atoms with Gasteiger partial charge in [0.25, 0.3) is 10.0 Å². The average molecular weight is 290 g/mol. The predicted molar refractivity (Wildman–Crippen MR) is 63.3 cm³/mol. The molecular formula is C10H8ClNO5S. The third-order valence-electron chi connectivity index (χ3n) is 2.35. The molecule has 0 spiro atoms. The van der Waals surface area contributed by atoms with Crippen molar-refractivity contribution >= 4 is 33.4 Å². The van der Waals surface area contributed by atoms with E-state index in [1.807, 2.05) is 4.72 Å². The lowest BCUT2D eigenvalue weighted by atomic mass is 10.1. The van der Waals surface area contributed by atoms with Crippen LogP contribution in [0.3, 0.4) is 0 Å². The number of esters is 1. The molecule has 0 bridgehead atoms. The van der Waals surface area contributed by atoms with Crippen LogP contribution < -0.4 is 4.72 Å². The molecule has 2 N–H and O–H groups in total. The largest absolute Gasteiger partial charge is 0.505 e. The minimum Gasteiger partial charge on any atom is -0.505 e.